The van der Waals surface area contributed by atoms with Crippen molar-refractivity contribution in [2.45, 2.75) is 25.0 Å². The highest BCUT2D eigenvalue weighted by Crippen LogP contribution is 2.11. The van der Waals surface area contributed by atoms with Crippen molar-refractivity contribution in [1.29, 1.82) is 0 Å². The van der Waals surface area contributed by atoms with Gasteiger partial charge in [0.05, 0.1) is 5.25 Å². The molecule has 0 saturated carbocycles. The molecule has 0 aromatic rings. The van der Waals surface area contributed by atoms with E-state index < -0.39 is 21.2 Å². The van der Waals surface area contributed by atoms with Gasteiger partial charge in [0, 0.05) is 6.92 Å². The van der Waals surface area contributed by atoms with Crippen LogP contribution in [0.25, 0.3) is 0 Å². The van der Waals surface area contributed by atoms with E-state index in [2.05, 4.69) is 5.32 Å². The molecule has 0 bridgehead atoms. The molecule has 1 fully saturated rings. The summed E-state index contributed by atoms with van der Waals surface area (Å²) in [6.45, 7) is 2.60. The Bertz CT molecular complexity index is 280. The molecule has 1 heterocycles. The van der Waals surface area contributed by atoms with Crippen molar-refractivity contribution >= 4 is 15.9 Å². The Morgan fingerprint density at radius 3 is 2.38 bits per heavy atom. The molecule has 13 heavy (non-hydrogen) atoms. The molecule has 0 aromatic carbocycles. The van der Waals surface area contributed by atoms with Gasteiger partial charge < -0.3 is 5.32 Å². The van der Waals surface area contributed by atoms with Crippen LogP contribution in [0, 0.1) is 0 Å². The highest BCUT2D eigenvalue weighted by molar-refractivity contribution is 7.90. The second kappa shape index (κ2) is 4.06. The maximum Gasteiger partial charge on any atom is 0.237 e. The van der Waals surface area contributed by atoms with Crippen molar-refractivity contribution in [3.63, 3.8) is 0 Å². The van der Waals surface area contributed by atoms with E-state index in [9.17, 15) is 13.2 Å². The van der Waals surface area contributed by atoms with Crippen LogP contribution >= 0.6 is 0 Å². The molecule has 1 saturated heterocycles. The van der Waals surface area contributed by atoms with E-state index in [0.29, 0.717) is 25.9 Å². The molecule has 1 amide bonds. The van der Waals surface area contributed by atoms with E-state index in [0.717, 1.165) is 0 Å². The van der Waals surface area contributed by atoms with Gasteiger partial charge in [0.25, 0.3) is 0 Å². The zero-order valence-corrected chi connectivity index (χ0v) is 8.36. The first kappa shape index (κ1) is 10.5. The normalized spacial score (nSPS) is 19.8. The number of carbonyl (C=O) groups is 1. The van der Waals surface area contributed by atoms with Crippen LogP contribution in [-0.2, 0) is 14.8 Å². The van der Waals surface area contributed by atoms with Crippen molar-refractivity contribution in [2.24, 2.45) is 0 Å². The third kappa shape index (κ3) is 2.96. The summed E-state index contributed by atoms with van der Waals surface area (Å²) in [7, 11) is -3.42. The smallest absolute Gasteiger partial charge is 0.237 e. The first-order valence-corrected chi connectivity index (χ1v) is 5.80. The Balaban J connectivity index is 2.62. The molecule has 0 aliphatic carbocycles. The molecule has 0 unspecified atom stereocenters. The van der Waals surface area contributed by atoms with Gasteiger partial charge >= 0.3 is 0 Å². The zero-order valence-electron chi connectivity index (χ0n) is 7.54. The fourth-order valence-corrected chi connectivity index (χ4v) is 2.81. The molecule has 5 nitrogen and oxygen atoms in total. The van der Waals surface area contributed by atoms with Crippen molar-refractivity contribution in [3.05, 3.63) is 0 Å². The Kier molecular flexibility index (Phi) is 3.27. The lowest BCUT2D eigenvalue weighted by molar-refractivity contribution is -0.117. The lowest BCUT2D eigenvalue weighted by Gasteiger charge is -2.22. The summed E-state index contributed by atoms with van der Waals surface area (Å²) >= 11 is 0. The van der Waals surface area contributed by atoms with Crippen molar-refractivity contribution in [3.8, 4) is 0 Å². The third-order valence-electron chi connectivity index (χ3n) is 2.01. The van der Waals surface area contributed by atoms with Crippen LogP contribution in [0.15, 0.2) is 0 Å². The zero-order chi connectivity index (χ0) is 9.90. The van der Waals surface area contributed by atoms with Gasteiger partial charge in [-0.2, -0.15) is 0 Å². The van der Waals surface area contributed by atoms with Gasteiger partial charge in [0.2, 0.25) is 15.9 Å². The fourth-order valence-electron chi connectivity index (χ4n) is 1.39. The minimum Gasteiger partial charge on any atom is -0.317 e. The van der Waals surface area contributed by atoms with Gasteiger partial charge in [-0.25, -0.2) is 8.42 Å². The third-order valence-corrected chi connectivity index (χ3v) is 3.93. The Morgan fingerprint density at radius 1 is 1.38 bits per heavy atom. The van der Waals surface area contributed by atoms with Crippen LogP contribution in [0.3, 0.4) is 0 Å². The number of hydrogen-bond acceptors (Lipinski definition) is 4. The first-order valence-electron chi connectivity index (χ1n) is 4.25. The van der Waals surface area contributed by atoms with Crippen LogP contribution < -0.4 is 10.0 Å². The molecule has 0 spiro atoms. The molecular weight excluding hydrogens is 192 g/mol. The number of hydrogen-bond donors (Lipinski definition) is 2. The van der Waals surface area contributed by atoms with E-state index in [4.69, 9.17) is 0 Å². The molecule has 76 valence electrons. The number of piperidine rings is 1. The maximum atomic E-state index is 11.4. The van der Waals surface area contributed by atoms with E-state index in [1.165, 1.54) is 6.92 Å². The monoisotopic (exact) mass is 206 g/mol. The predicted octanol–water partition coefficient (Wildman–Crippen LogP) is -0.796. The SMILES string of the molecule is CC(=O)NS(=O)(=O)C1CCNCC1. The minimum atomic E-state index is -3.42. The standard InChI is InChI=1S/C7H14N2O3S/c1-6(10)9-13(11,12)7-2-4-8-5-3-7/h7-8H,2-5H2,1H3,(H,9,10). The Hall–Kier alpha value is -0.620. The molecule has 1 aliphatic rings. The molecule has 0 aromatic heterocycles. The summed E-state index contributed by atoms with van der Waals surface area (Å²) in [4.78, 5) is 10.6. The van der Waals surface area contributed by atoms with Gasteiger partial charge in [-0.15, -0.1) is 0 Å². The summed E-state index contributed by atoms with van der Waals surface area (Å²) in [5.41, 5.74) is 0. The highest BCUT2D eigenvalue weighted by atomic mass is 32.2. The van der Waals surface area contributed by atoms with Gasteiger partial charge in [0.1, 0.15) is 0 Å². The number of sulfonamides is 1. The molecule has 0 atom stereocenters. The van der Waals surface area contributed by atoms with Crippen molar-refractivity contribution in [1.82, 2.24) is 10.0 Å². The average Bonchev–Trinajstić information content (AvgIpc) is 2.04. The van der Waals surface area contributed by atoms with Gasteiger partial charge in [0.15, 0.2) is 0 Å². The average molecular weight is 206 g/mol. The number of rotatable bonds is 2. The Labute approximate surface area is 77.9 Å². The second-order valence-corrected chi connectivity index (χ2v) is 5.11. The van der Waals surface area contributed by atoms with Crippen LogP contribution in [0.5, 0.6) is 0 Å². The van der Waals surface area contributed by atoms with Crippen LogP contribution in [0.4, 0.5) is 0 Å². The molecule has 6 heteroatoms. The number of amides is 1. The first-order chi connectivity index (χ1) is 6.02. The van der Waals surface area contributed by atoms with Gasteiger partial charge in [-0.05, 0) is 25.9 Å². The predicted molar refractivity (Wildman–Crippen MR) is 48.6 cm³/mol. The Morgan fingerprint density at radius 2 is 1.92 bits per heavy atom. The molecular formula is C7H14N2O3S. The summed E-state index contributed by atoms with van der Waals surface area (Å²) in [6.07, 6.45) is 1.14. The van der Waals surface area contributed by atoms with Crippen molar-refractivity contribution < 1.29 is 13.2 Å². The molecule has 0 radical (unpaired) electrons. The summed E-state index contributed by atoms with van der Waals surface area (Å²) in [6, 6.07) is 0. The lowest BCUT2D eigenvalue weighted by atomic mass is 10.2. The lowest BCUT2D eigenvalue weighted by Crippen LogP contribution is -2.43. The van der Waals surface area contributed by atoms with E-state index in [-0.39, 0.29) is 0 Å². The molecule has 1 rings (SSSR count). The van der Waals surface area contributed by atoms with E-state index in [1.54, 1.807) is 0 Å². The maximum absolute atomic E-state index is 11.4. The van der Waals surface area contributed by atoms with E-state index >= 15 is 0 Å². The summed E-state index contributed by atoms with van der Waals surface area (Å²) in [5, 5.41) is 2.64. The largest absolute Gasteiger partial charge is 0.317 e. The summed E-state index contributed by atoms with van der Waals surface area (Å²) < 4.78 is 24.9. The van der Waals surface area contributed by atoms with Crippen LogP contribution in [-0.4, -0.2) is 32.7 Å². The highest BCUT2D eigenvalue weighted by Gasteiger charge is 2.27. The van der Waals surface area contributed by atoms with Gasteiger partial charge in [-0.1, -0.05) is 0 Å². The number of carbonyl (C=O) groups excluding carboxylic acids is 1. The minimum absolute atomic E-state index is 0.419. The fraction of sp³-hybridized carbons (Fsp3) is 0.857. The van der Waals surface area contributed by atoms with Crippen LogP contribution in [0.2, 0.25) is 0 Å². The topological polar surface area (TPSA) is 75.3 Å². The van der Waals surface area contributed by atoms with Crippen molar-refractivity contribution in [2.75, 3.05) is 13.1 Å². The second-order valence-electron chi connectivity index (χ2n) is 3.15. The van der Waals surface area contributed by atoms with Gasteiger partial charge in [-0.3, -0.25) is 9.52 Å². The summed E-state index contributed by atoms with van der Waals surface area (Å²) in [5.74, 6) is -0.515. The molecule has 2 N–H and O–H groups in total. The van der Waals surface area contributed by atoms with E-state index in [1.807, 2.05) is 4.72 Å². The number of nitrogens with one attached hydrogen (secondary N) is 2. The molecule has 1 aliphatic heterocycles. The van der Waals surface area contributed by atoms with Crippen LogP contribution in [0.1, 0.15) is 19.8 Å². The quantitative estimate of drug-likeness (QED) is 0.620.